The minimum atomic E-state index is -3.76. The van der Waals surface area contributed by atoms with Crippen molar-refractivity contribution in [2.45, 2.75) is 19.6 Å². The summed E-state index contributed by atoms with van der Waals surface area (Å²) in [5.41, 5.74) is 8.67. The molecule has 1 aromatic rings. The second kappa shape index (κ2) is 7.75. The highest BCUT2D eigenvalue weighted by atomic mass is 31.2. The molecule has 0 N–H and O–H groups in total. The zero-order valence-electron chi connectivity index (χ0n) is 11.6. The first kappa shape index (κ1) is 17.1. The van der Waals surface area contributed by atoms with Gasteiger partial charge >= 0.3 is 7.60 Å². The Bertz CT molecular complexity index is 592. The van der Waals surface area contributed by atoms with E-state index in [-0.39, 0.29) is 24.5 Å². The fourth-order valence-electron chi connectivity index (χ4n) is 1.70. The molecule has 0 heterocycles. The third kappa shape index (κ3) is 4.27. The van der Waals surface area contributed by atoms with Crippen molar-refractivity contribution in [3.8, 4) is 0 Å². The fourth-order valence-corrected chi connectivity index (χ4v) is 3.47. The standard InChI is InChI=1S/C11H15N4O5P/c1-3-19-21(18,20-4-2)11(13-14-12)9-6-5-7-10(8-9)15(16)17/h5-8,11H,3-4H2,1-2H3. The topological polar surface area (TPSA) is 127 Å². The fraction of sp³-hybridized carbons (Fsp3) is 0.455. The number of rotatable bonds is 8. The van der Waals surface area contributed by atoms with E-state index in [0.717, 1.165) is 0 Å². The van der Waals surface area contributed by atoms with E-state index in [1.54, 1.807) is 13.8 Å². The van der Waals surface area contributed by atoms with Crippen LogP contribution in [0.3, 0.4) is 0 Å². The van der Waals surface area contributed by atoms with Gasteiger partial charge in [0, 0.05) is 17.0 Å². The number of azide groups is 1. The van der Waals surface area contributed by atoms with Crippen LogP contribution in [0.4, 0.5) is 5.69 Å². The number of nitro groups is 1. The molecule has 0 aliphatic carbocycles. The van der Waals surface area contributed by atoms with E-state index in [4.69, 9.17) is 14.6 Å². The zero-order chi connectivity index (χ0) is 15.9. The van der Waals surface area contributed by atoms with E-state index in [1.165, 1.54) is 24.3 Å². The van der Waals surface area contributed by atoms with Gasteiger partial charge in [-0.25, -0.2) is 0 Å². The summed E-state index contributed by atoms with van der Waals surface area (Å²) in [5, 5.41) is 14.3. The summed E-state index contributed by atoms with van der Waals surface area (Å²) in [4.78, 5) is 12.9. The van der Waals surface area contributed by atoms with Crippen LogP contribution in [0.2, 0.25) is 0 Å². The number of benzene rings is 1. The SMILES string of the molecule is CCOP(=O)(OCC)C(N=[N+]=[N-])c1cccc([N+](=O)[O-])c1. The monoisotopic (exact) mass is 314 g/mol. The Morgan fingerprint density at radius 2 is 2.05 bits per heavy atom. The molecule has 0 aliphatic heterocycles. The lowest BCUT2D eigenvalue weighted by molar-refractivity contribution is -0.384. The highest BCUT2D eigenvalue weighted by molar-refractivity contribution is 7.54. The van der Waals surface area contributed by atoms with Crippen LogP contribution in [0.15, 0.2) is 29.4 Å². The summed E-state index contributed by atoms with van der Waals surface area (Å²) >= 11 is 0. The Hall–Kier alpha value is -1.92. The molecule has 0 amide bonds. The first-order valence-electron chi connectivity index (χ1n) is 6.15. The molecule has 9 nitrogen and oxygen atoms in total. The van der Waals surface area contributed by atoms with Gasteiger partial charge in [0.25, 0.3) is 5.69 Å². The van der Waals surface area contributed by atoms with Crippen LogP contribution in [-0.4, -0.2) is 18.1 Å². The van der Waals surface area contributed by atoms with Crippen LogP contribution in [0.5, 0.6) is 0 Å². The van der Waals surface area contributed by atoms with E-state index in [9.17, 15) is 14.7 Å². The molecule has 1 atom stereocenters. The molecule has 1 unspecified atom stereocenters. The van der Waals surface area contributed by atoms with E-state index in [2.05, 4.69) is 10.0 Å². The molecule has 114 valence electrons. The van der Waals surface area contributed by atoms with Gasteiger partial charge in [-0.15, -0.1) is 0 Å². The maximum absolute atomic E-state index is 12.7. The number of hydrogen-bond donors (Lipinski definition) is 0. The zero-order valence-corrected chi connectivity index (χ0v) is 12.5. The van der Waals surface area contributed by atoms with E-state index in [1.807, 2.05) is 0 Å². The average molecular weight is 314 g/mol. The first-order valence-corrected chi connectivity index (χ1v) is 7.77. The summed E-state index contributed by atoms with van der Waals surface area (Å²) < 4.78 is 23.0. The summed E-state index contributed by atoms with van der Waals surface area (Å²) in [5.74, 6) is -1.28. The Labute approximate surface area is 121 Å². The highest BCUT2D eigenvalue weighted by Gasteiger charge is 2.36. The van der Waals surface area contributed by atoms with Gasteiger partial charge in [-0.3, -0.25) is 14.7 Å². The minimum absolute atomic E-state index is 0.0870. The van der Waals surface area contributed by atoms with E-state index in [0.29, 0.717) is 0 Å². The molecule has 1 rings (SSSR count). The minimum Gasteiger partial charge on any atom is -0.308 e. The van der Waals surface area contributed by atoms with E-state index >= 15 is 0 Å². The van der Waals surface area contributed by atoms with Crippen LogP contribution >= 0.6 is 7.60 Å². The molecule has 0 spiro atoms. The molecule has 0 aliphatic rings. The van der Waals surface area contributed by atoms with Crippen molar-refractivity contribution in [2.24, 2.45) is 5.11 Å². The maximum atomic E-state index is 12.7. The lowest BCUT2D eigenvalue weighted by Crippen LogP contribution is -2.05. The molecular weight excluding hydrogens is 299 g/mol. The van der Waals surface area contributed by atoms with Crippen LogP contribution in [-0.2, 0) is 13.6 Å². The Morgan fingerprint density at radius 3 is 2.52 bits per heavy atom. The molecular formula is C11H15N4O5P. The van der Waals surface area contributed by atoms with Gasteiger partial charge in [0.15, 0.2) is 5.78 Å². The van der Waals surface area contributed by atoms with Crippen molar-refractivity contribution in [1.29, 1.82) is 0 Å². The molecule has 0 saturated carbocycles. The molecule has 0 fully saturated rings. The smallest absolute Gasteiger partial charge is 0.308 e. The van der Waals surface area contributed by atoms with Crippen LogP contribution in [0, 0.1) is 10.1 Å². The second-order valence-electron chi connectivity index (χ2n) is 3.81. The predicted molar refractivity (Wildman–Crippen MR) is 75.8 cm³/mol. The van der Waals surface area contributed by atoms with Crippen molar-refractivity contribution in [2.75, 3.05) is 13.2 Å². The first-order chi connectivity index (χ1) is 9.98. The molecule has 10 heteroatoms. The average Bonchev–Trinajstić information content (AvgIpc) is 2.45. The Kier molecular flexibility index (Phi) is 6.33. The van der Waals surface area contributed by atoms with Crippen molar-refractivity contribution in [3.63, 3.8) is 0 Å². The van der Waals surface area contributed by atoms with Gasteiger partial charge in [0.2, 0.25) is 0 Å². The van der Waals surface area contributed by atoms with Crippen LogP contribution in [0.1, 0.15) is 25.2 Å². The third-order valence-corrected chi connectivity index (χ3v) is 4.69. The van der Waals surface area contributed by atoms with Crippen LogP contribution < -0.4 is 0 Å². The lowest BCUT2D eigenvalue weighted by Gasteiger charge is -2.22. The molecule has 0 saturated heterocycles. The highest BCUT2D eigenvalue weighted by Crippen LogP contribution is 2.61. The summed E-state index contributed by atoms with van der Waals surface area (Å²) in [6.07, 6.45) is 0. The predicted octanol–water partition coefficient (Wildman–Crippen LogP) is 4.17. The van der Waals surface area contributed by atoms with Crippen LogP contribution in [0.25, 0.3) is 10.4 Å². The molecule has 21 heavy (non-hydrogen) atoms. The molecule has 0 aromatic heterocycles. The number of nitrogens with zero attached hydrogens (tertiary/aromatic N) is 4. The van der Waals surface area contributed by atoms with Gasteiger partial charge in [0.1, 0.15) is 0 Å². The van der Waals surface area contributed by atoms with Crippen molar-refractivity contribution in [1.82, 2.24) is 0 Å². The lowest BCUT2D eigenvalue weighted by atomic mass is 10.2. The quantitative estimate of drug-likeness (QED) is 0.178. The second-order valence-corrected chi connectivity index (χ2v) is 5.89. The Morgan fingerprint density at radius 1 is 1.43 bits per heavy atom. The van der Waals surface area contributed by atoms with Gasteiger partial charge in [-0.1, -0.05) is 17.2 Å². The molecule has 0 bridgehead atoms. The number of non-ortho nitro benzene ring substituents is 1. The van der Waals surface area contributed by atoms with Gasteiger partial charge in [0.05, 0.1) is 18.1 Å². The summed E-state index contributed by atoms with van der Waals surface area (Å²) in [6, 6.07) is 5.35. The molecule has 0 radical (unpaired) electrons. The number of nitro benzene ring substituents is 1. The number of hydrogen-bond acceptors (Lipinski definition) is 6. The van der Waals surface area contributed by atoms with Gasteiger partial charge in [-0.2, -0.15) is 0 Å². The normalized spacial score (nSPS) is 12.5. The van der Waals surface area contributed by atoms with Gasteiger partial charge in [-0.05, 0) is 24.9 Å². The van der Waals surface area contributed by atoms with Crippen molar-refractivity contribution in [3.05, 3.63) is 50.4 Å². The van der Waals surface area contributed by atoms with Crippen molar-refractivity contribution >= 4 is 13.3 Å². The Balaban J connectivity index is 3.34. The summed E-state index contributed by atoms with van der Waals surface area (Å²) in [6.45, 7) is 3.41. The maximum Gasteiger partial charge on any atom is 0.344 e. The third-order valence-electron chi connectivity index (χ3n) is 2.46. The molecule has 1 aromatic carbocycles. The van der Waals surface area contributed by atoms with Gasteiger partial charge < -0.3 is 9.05 Å². The van der Waals surface area contributed by atoms with Crippen molar-refractivity contribution < 1.29 is 18.5 Å². The van der Waals surface area contributed by atoms with E-state index < -0.39 is 18.3 Å². The summed E-state index contributed by atoms with van der Waals surface area (Å²) in [7, 11) is -3.76. The largest absolute Gasteiger partial charge is 0.344 e.